The van der Waals surface area contributed by atoms with Crippen molar-refractivity contribution in [3.63, 3.8) is 0 Å². The van der Waals surface area contributed by atoms with Crippen LogP contribution in [0.15, 0.2) is 28.0 Å². The Kier molecular flexibility index (Phi) is 3.75. The van der Waals surface area contributed by atoms with E-state index < -0.39 is 15.9 Å². The van der Waals surface area contributed by atoms with Gasteiger partial charge in [0.1, 0.15) is 11.8 Å². The molecule has 0 unspecified atom stereocenters. The molecule has 10 heteroatoms. The summed E-state index contributed by atoms with van der Waals surface area (Å²) in [5.41, 5.74) is 7.03. The Morgan fingerprint density at radius 3 is 2.83 bits per heavy atom. The Labute approximate surface area is 141 Å². The van der Waals surface area contributed by atoms with Crippen LogP contribution in [0.4, 0.5) is 5.69 Å². The molecule has 24 heavy (non-hydrogen) atoms. The van der Waals surface area contributed by atoms with Gasteiger partial charge in [-0.3, -0.25) is 9.52 Å². The van der Waals surface area contributed by atoms with Crippen LogP contribution in [0.1, 0.15) is 21.6 Å². The predicted octanol–water partition coefficient (Wildman–Crippen LogP) is 1.70. The lowest BCUT2D eigenvalue weighted by Crippen LogP contribution is -2.15. The third-order valence-corrected chi connectivity index (χ3v) is 5.99. The number of aromatic amines is 1. The van der Waals surface area contributed by atoms with Crippen LogP contribution in [-0.2, 0) is 10.0 Å². The van der Waals surface area contributed by atoms with E-state index in [1.165, 1.54) is 11.6 Å². The molecule has 3 rings (SSSR count). The zero-order chi connectivity index (χ0) is 17.5. The van der Waals surface area contributed by atoms with E-state index in [1.807, 2.05) is 6.92 Å². The van der Waals surface area contributed by atoms with E-state index in [0.29, 0.717) is 16.5 Å². The minimum Gasteiger partial charge on any atom is -0.364 e. The number of primary amides is 1. The van der Waals surface area contributed by atoms with Crippen LogP contribution >= 0.6 is 11.3 Å². The number of thiazole rings is 1. The summed E-state index contributed by atoms with van der Waals surface area (Å²) in [6.45, 7) is 1.83. The van der Waals surface area contributed by atoms with Gasteiger partial charge in [-0.05, 0) is 18.6 Å². The zero-order valence-corrected chi connectivity index (χ0v) is 14.0. The molecular weight excluding hydrogens is 350 g/mol. The number of carbonyl (C=O) groups excluding carboxylic acids is 1. The number of nitrogens with two attached hydrogens (primary N) is 1. The van der Waals surface area contributed by atoms with Gasteiger partial charge in [0.25, 0.3) is 15.9 Å². The molecule has 4 N–H and O–H groups in total. The number of fused-ring (bicyclic) bond motifs is 1. The Morgan fingerprint density at radius 1 is 1.46 bits per heavy atom. The van der Waals surface area contributed by atoms with Gasteiger partial charge in [0.2, 0.25) is 4.34 Å². The van der Waals surface area contributed by atoms with Crippen molar-refractivity contribution in [2.45, 2.75) is 11.3 Å². The second-order valence-electron chi connectivity index (χ2n) is 4.96. The maximum atomic E-state index is 12.4. The van der Waals surface area contributed by atoms with Crippen LogP contribution in [0.25, 0.3) is 10.9 Å². The third-order valence-electron chi connectivity index (χ3n) is 3.37. The van der Waals surface area contributed by atoms with E-state index >= 15 is 0 Å². The van der Waals surface area contributed by atoms with E-state index in [9.17, 15) is 13.2 Å². The number of benzene rings is 1. The molecule has 0 fully saturated rings. The summed E-state index contributed by atoms with van der Waals surface area (Å²) < 4.78 is 27.1. The molecule has 122 valence electrons. The third kappa shape index (κ3) is 2.60. The number of aryl methyl sites for hydroxylation is 1. The standard InChI is InChI=1S/C14H11N5O3S2/c1-7-2-3-9(12-11(7)8(4-15)5-17-12)19-24(21,22)14-18-10(6-23-14)13(16)20/h2-3,5-6,17,19H,1H3,(H2,16,20). The van der Waals surface area contributed by atoms with Gasteiger partial charge in [-0.1, -0.05) is 6.07 Å². The molecule has 1 aromatic carbocycles. The number of hydrogen-bond acceptors (Lipinski definition) is 6. The van der Waals surface area contributed by atoms with Crippen molar-refractivity contribution in [1.29, 1.82) is 5.26 Å². The fraction of sp³-hybridized carbons (Fsp3) is 0.0714. The SMILES string of the molecule is Cc1ccc(NS(=O)(=O)c2nc(C(N)=O)cs2)c2[nH]cc(C#N)c12. The summed E-state index contributed by atoms with van der Waals surface area (Å²) >= 11 is 0.797. The average Bonchev–Trinajstić information content (AvgIpc) is 3.17. The molecular formula is C14H11N5O3S2. The van der Waals surface area contributed by atoms with E-state index in [4.69, 9.17) is 11.0 Å². The maximum Gasteiger partial charge on any atom is 0.289 e. The summed E-state index contributed by atoms with van der Waals surface area (Å²) in [5, 5.41) is 11.1. The van der Waals surface area contributed by atoms with Crippen molar-refractivity contribution in [1.82, 2.24) is 9.97 Å². The van der Waals surface area contributed by atoms with Gasteiger partial charge in [-0.2, -0.15) is 13.7 Å². The lowest BCUT2D eigenvalue weighted by atomic mass is 10.1. The van der Waals surface area contributed by atoms with Crippen molar-refractivity contribution >= 4 is 43.9 Å². The van der Waals surface area contributed by atoms with Crippen LogP contribution in [0.5, 0.6) is 0 Å². The first kappa shape index (κ1) is 16.0. The second-order valence-corrected chi connectivity index (χ2v) is 7.68. The molecule has 0 spiro atoms. The molecule has 0 saturated carbocycles. The molecule has 2 heterocycles. The average molecular weight is 361 g/mol. The molecule has 0 aliphatic rings. The molecule has 0 atom stereocenters. The number of sulfonamides is 1. The van der Waals surface area contributed by atoms with Crippen molar-refractivity contribution in [2.24, 2.45) is 5.73 Å². The van der Waals surface area contributed by atoms with Crippen molar-refractivity contribution < 1.29 is 13.2 Å². The molecule has 2 aromatic heterocycles. The number of H-pyrrole nitrogens is 1. The van der Waals surface area contributed by atoms with E-state index in [-0.39, 0.29) is 15.7 Å². The lowest BCUT2D eigenvalue weighted by Gasteiger charge is -2.08. The predicted molar refractivity (Wildman–Crippen MR) is 89.2 cm³/mol. The Balaban J connectivity index is 2.06. The van der Waals surface area contributed by atoms with Crippen LogP contribution in [0, 0.1) is 18.3 Å². The Morgan fingerprint density at radius 2 is 2.21 bits per heavy atom. The Bertz CT molecular complexity index is 1110. The smallest absolute Gasteiger partial charge is 0.289 e. The highest BCUT2D eigenvalue weighted by Gasteiger charge is 2.22. The van der Waals surface area contributed by atoms with E-state index in [0.717, 1.165) is 16.9 Å². The van der Waals surface area contributed by atoms with Gasteiger partial charge < -0.3 is 10.7 Å². The van der Waals surface area contributed by atoms with Crippen molar-refractivity contribution in [3.8, 4) is 6.07 Å². The van der Waals surface area contributed by atoms with Gasteiger partial charge in [0, 0.05) is 17.0 Å². The summed E-state index contributed by atoms with van der Waals surface area (Å²) in [5.74, 6) is -0.798. The molecule has 8 nitrogen and oxygen atoms in total. The number of nitrogens with one attached hydrogen (secondary N) is 2. The summed E-state index contributed by atoms with van der Waals surface area (Å²) in [7, 11) is -3.98. The van der Waals surface area contributed by atoms with Crippen LogP contribution in [0.2, 0.25) is 0 Å². The zero-order valence-electron chi connectivity index (χ0n) is 12.3. The highest BCUT2D eigenvalue weighted by Crippen LogP contribution is 2.30. The molecule has 0 saturated heterocycles. The van der Waals surface area contributed by atoms with Crippen LogP contribution < -0.4 is 10.5 Å². The van der Waals surface area contributed by atoms with Crippen LogP contribution in [-0.4, -0.2) is 24.3 Å². The minimum atomic E-state index is -3.98. The lowest BCUT2D eigenvalue weighted by molar-refractivity contribution is 0.0996. The number of rotatable bonds is 4. The number of nitrogens with zero attached hydrogens (tertiary/aromatic N) is 2. The first-order valence-corrected chi connectivity index (χ1v) is 8.98. The normalized spacial score (nSPS) is 11.3. The number of aromatic nitrogens is 2. The fourth-order valence-corrected chi connectivity index (χ4v) is 4.35. The highest BCUT2D eigenvalue weighted by molar-refractivity contribution is 7.94. The van der Waals surface area contributed by atoms with Gasteiger partial charge in [0.15, 0.2) is 0 Å². The van der Waals surface area contributed by atoms with E-state index in [1.54, 1.807) is 12.1 Å². The largest absolute Gasteiger partial charge is 0.364 e. The summed E-state index contributed by atoms with van der Waals surface area (Å²) in [6, 6.07) is 5.36. The maximum absolute atomic E-state index is 12.4. The molecule has 3 aromatic rings. The molecule has 1 amide bonds. The number of anilines is 1. The van der Waals surface area contributed by atoms with E-state index in [2.05, 4.69) is 20.8 Å². The van der Waals surface area contributed by atoms with Gasteiger partial charge in [-0.25, -0.2) is 4.98 Å². The molecule has 0 bridgehead atoms. The molecule has 0 aliphatic heterocycles. The fourth-order valence-electron chi connectivity index (χ4n) is 2.28. The number of carbonyl (C=O) groups is 1. The van der Waals surface area contributed by atoms with Crippen molar-refractivity contribution in [3.05, 3.63) is 40.5 Å². The minimum absolute atomic E-state index is 0.110. The van der Waals surface area contributed by atoms with Crippen molar-refractivity contribution in [2.75, 3.05) is 4.72 Å². The topological polar surface area (TPSA) is 142 Å². The second kappa shape index (κ2) is 5.63. The number of amides is 1. The van der Waals surface area contributed by atoms with Gasteiger partial charge in [-0.15, -0.1) is 11.3 Å². The first-order chi connectivity index (χ1) is 11.3. The van der Waals surface area contributed by atoms with Crippen LogP contribution in [0.3, 0.4) is 0 Å². The monoisotopic (exact) mass is 361 g/mol. The van der Waals surface area contributed by atoms with Gasteiger partial charge >= 0.3 is 0 Å². The molecule has 0 radical (unpaired) electrons. The quantitative estimate of drug-likeness (QED) is 0.648. The number of nitriles is 1. The summed E-state index contributed by atoms with van der Waals surface area (Å²) in [6.07, 6.45) is 1.52. The molecule has 0 aliphatic carbocycles. The summed E-state index contributed by atoms with van der Waals surface area (Å²) in [4.78, 5) is 17.7. The highest BCUT2D eigenvalue weighted by atomic mass is 32.2. The first-order valence-electron chi connectivity index (χ1n) is 6.62. The number of hydrogen-bond donors (Lipinski definition) is 3. The van der Waals surface area contributed by atoms with Gasteiger partial charge in [0.05, 0.1) is 16.8 Å². The Hall–Kier alpha value is -2.90.